The van der Waals surface area contributed by atoms with Gasteiger partial charge in [-0.2, -0.15) is 0 Å². The molecule has 0 aliphatic carbocycles. The van der Waals surface area contributed by atoms with Gasteiger partial charge in [0.15, 0.2) is 0 Å². The van der Waals surface area contributed by atoms with Crippen molar-refractivity contribution in [1.29, 1.82) is 0 Å². The van der Waals surface area contributed by atoms with Crippen LogP contribution in [0.15, 0.2) is 30.3 Å². The van der Waals surface area contributed by atoms with Gasteiger partial charge in [-0.25, -0.2) is 0 Å². The average Bonchev–Trinajstić information content (AvgIpc) is 2.59. The number of rotatable bonds is 8. The number of carbonyl (C=O) groups is 1. The smallest absolute Gasteiger partial charge is 0.237 e. The predicted molar refractivity (Wildman–Crippen MR) is 107 cm³/mol. The van der Waals surface area contributed by atoms with Gasteiger partial charge < -0.3 is 10.2 Å². The van der Waals surface area contributed by atoms with Gasteiger partial charge in [0.05, 0.1) is 6.54 Å². The van der Waals surface area contributed by atoms with Gasteiger partial charge in [0.2, 0.25) is 5.91 Å². The van der Waals surface area contributed by atoms with Crippen molar-refractivity contribution in [3.8, 4) is 0 Å². The van der Waals surface area contributed by atoms with E-state index in [1.807, 2.05) is 30.1 Å². The maximum absolute atomic E-state index is 12.8. The van der Waals surface area contributed by atoms with E-state index in [9.17, 15) is 4.79 Å². The third-order valence-electron chi connectivity index (χ3n) is 5.01. The van der Waals surface area contributed by atoms with Gasteiger partial charge in [0.25, 0.3) is 0 Å². The number of likely N-dealkylation sites (tertiary alicyclic amines) is 1. The van der Waals surface area contributed by atoms with Gasteiger partial charge >= 0.3 is 0 Å². The third-order valence-corrected chi connectivity index (χ3v) is 5.01. The van der Waals surface area contributed by atoms with Crippen LogP contribution in [0.5, 0.6) is 0 Å². The molecule has 1 aromatic rings. The fourth-order valence-corrected chi connectivity index (χ4v) is 3.40. The Labute approximate surface area is 159 Å². The van der Waals surface area contributed by atoms with Gasteiger partial charge in [0, 0.05) is 12.6 Å². The molecule has 1 N–H and O–H groups in total. The van der Waals surface area contributed by atoms with Gasteiger partial charge in [-0.3, -0.25) is 9.69 Å². The van der Waals surface area contributed by atoms with Crippen LogP contribution in [-0.4, -0.2) is 55.0 Å². The summed E-state index contributed by atoms with van der Waals surface area (Å²) in [6, 6.07) is 10.5. The highest BCUT2D eigenvalue weighted by molar-refractivity contribution is 5.85. The van der Waals surface area contributed by atoms with E-state index in [1.54, 1.807) is 0 Å². The number of nitrogens with one attached hydrogen (secondary N) is 1. The Kier molecular flexibility index (Phi) is 10.1. The van der Waals surface area contributed by atoms with Crippen LogP contribution >= 0.6 is 12.4 Å². The first-order chi connectivity index (χ1) is 11.6. The molecule has 5 heteroatoms. The normalized spacial score (nSPS) is 15.8. The van der Waals surface area contributed by atoms with Gasteiger partial charge in [-0.1, -0.05) is 30.3 Å². The van der Waals surface area contributed by atoms with Crippen molar-refractivity contribution in [3.05, 3.63) is 35.9 Å². The summed E-state index contributed by atoms with van der Waals surface area (Å²) >= 11 is 0. The molecule has 0 unspecified atom stereocenters. The maximum atomic E-state index is 12.8. The molecule has 1 aliphatic heterocycles. The van der Waals surface area contributed by atoms with E-state index in [2.05, 4.69) is 36.2 Å². The highest BCUT2D eigenvalue weighted by Gasteiger charge is 2.24. The van der Waals surface area contributed by atoms with Crippen LogP contribution in [0.1, 0.15) is 38.7 Å². The molecule has 2 rings (SSSR count). The Morgan fingerprint density at radius 2 is 1.88 bits per heavy atom. The van der Waals surface area contributed by atoms with E-state index in [-0.39, 0.29) is 24.4 Å². The number of amides is 1. The second-order valence-electron chi connectivity index (χ2n) is 7.21. The van der Waals surface area contributed by atoms with Gasteiger partial charge in [0.1, 0.15) is 0 Å². The molecule has 1 fully saturated rings. The van der Waals surface area contributed by atoms with Gasteiger partial charge in [-0.15, -0.1) is 12.4 Å². The van der Waals surface area contributed by atoms with Crippen LogP contribution in [0.2, 0.25) is 0 Å². The Morgan fingerprint density at radius 3 is 2.44 bits per heavy atom. The van der Waals surface area contributed by atoms with E-state index in [1.165, 1.54) is 24.8 Å². The number of piperidine rings is 1. The highest BCUT2D eigenvalue weighted by Crippen LogP contribution is 2.20. The number of hydrogen-bond acceptors (Lipinski definition) is 3. The molecular weight excluding hydrogens is 334 g/mol. The first-order valence-electron chi connectivity index (χ1n) is 9.30. The molecule has 1 saturated heterocycles. The van der Waals surface area contributed by atoms with E-state index in [0.717, 1.165) is 25.6 Å². The minimum absolute atomic E-state index is 0. The van der Waals surface area contributed by atoms with Crippen molar-refractivity contribution >= 4 is 18.3 Å². The molecule has 0 bridgehead atoms. The molecule has 142 valence electrons. The minimum atomic E-state index is 0. The minimum Gasteiger partial charge on any atom is -0.335 e. The fourth-order valence-electron chi connectivity index (χ4n) is 3.40. The lowest BCUT2D eigenvalue weighted by Crippen LogP contribution is -2.45. The Morgan fingerprint density at radius 1 is 1.24 bits per heavy atom. The van der Waals surface area contributed by atoms with E-state index in [0.29, 0.717) is 13.1 Å². The van der Waals surface area contributed by atoms with Crippen molar-refractivity contribution in [3.63, 3.8) is 0 Å². The number of hydrogen-bond donors (Lipinski definition) is 1. The fraction of sp³-hybridized carbons (Fsp3) is 0.650. The zero-order chi connectivity index (χ0) is 17.4. The molecule has 1 aliphatic rings. The Balaban J connectivity index is 0.00000312. The summed E-state index contributed by atoms with van der Waals surface area (Å²) in [4.78, 5) is 17.1. The first-order valence-corrected chi connectivity index (χ1v) is 9.30. The second-order valence-corrected chi connectivity index (χ2v) is 7.21. The van der Waals surface area contributed by atoms with Crippen LogP contribution in [0.4, 0.5) is 0 Å². The molecular formula is C20H34ClN3O. The molecule has 1 amide bonds. The third kappa shape index (κ3) is 7.35. The average molecular weight is 368 g/mol. The zero-order valence-corrected chi connectivity index (χ0v) is 16.7. The monoisotopic (exact) mass is 367 g/mol. The van der Waals surface area contributed by atoms with E-state index >= 15 is 0 Å². The molecule has 1 heterocycles. The maximum Gasteiger partial charge on any atom is 0.237 e. The highest BCUT2D eigenvalue weighted by atomic mass is 35.5. The summed E-state index contributed by atoms with van der Waals surface area (Å²) in [6.45, 7) is 8.67. The standard InChI is InChI=1S/C20H33N3O.ClH/c1-17(2)23(15-19-7-5-4-6-8-19)20(24)16-22-13-10-18(11-14-22)9-12-21-3;/h4-8,17-18,21H,9-16H2,1-3H3;1H. The molecule has 0 radical (unpaired) electrons. The quantitative estimate of drug-likeness (QED) is 0.766. The lowest BCUT2D eigenvalue weighted by Gasteiger charge is -2.34. The number of nitrogens with zero attached hydrogens (tertiary/aromatic N) is 2. The first kappa shape index (κ1) is 21.9. The van der Waals surface area contributed by atoms with Crippen LogP contribution in [0.25, 0.3) is 0 Å². The molecule has 0 aromatic heterocycles. The van der Waals surface area contributed by atoms with Crippen molar-refractivity contribution in [2.75, 3.05) is 33.2 Å². The second kappa shape index (κ2) is 11.5. The summed E-state index contributed by atoms with van der Waals surface area (Å²) in [5.74, 6) is 1.07. The lowest BCUT2D eigenvalue weighted by molar-refractivity contribution is -0.135. The van der Waals surface area contributed by atoms with Crippen LogP contribution in [0, 0.1) is 5.92 Å². The summed E-state index contributed by atoms with van der Waals surface area (Å²) < 4.78 is 0. The molecule has 1 aromatic carbocycles. The van der Waals surface area contributed by atoms with Crippen LogP contribution < -0.4 is 5.32 Å². The molecule has 0 spiro atoms. The number of halogens is 1. The van der Waals surface area contributed by atoms with Crippen molar-refractivity contribution in [1.82, 2.24) is 15.1 Å². The van der Waals surface area contributed by atoms with Crippen LogP contribution in [-0.2, 0) is 11.3 Å². The summed E-state index contributed by atoms with van der Waals surface area (Å²) in [5, 5.41) is 3.23. The van der Waals surface area contributed by atoms with Crippen molar-refractivity contribution in [2.45, 2.75) is 45.7 Å². The SMILES string of the molecule is CNCCC1CCN(CC(=O)N(Cc2ccccc2)C(C)C)CC1.Cl. The summed E-state index contributed by atoms with van der Waals surface area (Å²) in [6.07, 6.45) is 3.69. The Hall–Kier alpha value is -1.10. The lowest BCUT2D eigenvalue weighted by atomic mass is 9.93. The summed E-state index contributed by atoms with van der Waals surface area (Å²) in [7, 11) is 2.01. The van der Waals surface area contributed by atoms with Crippen molar-refractivity contribution < 1.29 is 4.79 Å². The predicted octanol–water partition coefficient (Wildman–Crippen LogP) is 3.17. The molecule has 0 atom stereocenters. The number of carbonyl (C=O) groups excluding carboxylic acids is 1. The molecule has 4 nitrogen and oxygen atoms in total. The van der Waals surface area contributed by atoms with E-state index in [4.69, 9.17) is 0 Å². The largest absolute Gasteiger partial charge is 0.335 e. The zero-order valence-electron chi connectivity index (χ0n) is 15.9. The topological polar surface area (TPSA) is 35.6 Å². The van der Waals surface area contributed by atoms with E-state index < -0.39 is 0 Å². The van der Waals surface area contributed by atoms with Crippen molar-refractivity contribution in [2.24, 2.45) is 5.92 Å². The number of benzene rings is 1. The molecule has 25 heavy (non-hydrogen) atoms. The molecule has 0 saturated carbocycles. The summed E-state index contributed by atoms with van der Waals surface area (Å²) in [5.41, 5.74) is 1.20. The van der Waals surface area contributed by atoms with Gasteiger partial charge in [-0.05, 0) is 71.3 Å². The Bertz CT molecular complexity index is 487. The van der Waals surface area contributed by atoms with Crippen LogP contribution in [0.3, 0.4) is 0 Å².